The normalized spacial score (nSPS) is 17.6. The molecule has 1 saturated heterocycles. The summed E-state index contributed by atoms with van der Waals surface area (Å²) in [5.74, 6) is 0.258. The first kappa shape index (κ1) is 16.7. The second-order valence-electron chi connectivity index (χ2n) is 5.45. The van der Waals surface area contributed by atoms with E-state index >= 15 is 0 Å². The van der Waals surface area contributed by atoms with Crippen LogP contribution >= 0.6 is 11.0 Å². The van der Waals surface area contributed by atoms with E-state index in [1.165, 1.54) is 11.2 Å². The van der Waals surface area contributed by atoms with Gasteiger partial charge in [0.1, 0.15) is 5.82 Å². The van der Waals surface area contributed by atoms with Gasteiger partial charge in [-0.05, 0) is 30.7 Å². The van der Waals surface area contributed by atoms with Crippen LogP contribution in [0.15, 0.2) is 30.6 Å². The smallest absolute Gasteiger partial charge is 0.222 e. The molecule has 3 rings (SSSR count). The monoisotopic (exact) mass is 349 g/mol. The minimum absolute atomic E-state index is 0.195. The Balaban J connectivity index is 1.98. The maximum Gasteiger partial charge on any atom is 0.222 e. The minimum atomic E-state index is -3.01. The molecule has 0 spiro atoms. The van der Waals surface area contributed by atoms with Crippen molar-refractivity contribution in [1.29, 1.82) is 0 Å². The minimum Gasteiger partial charge on any atom is -0.311 e. The van der Waals surface area contributed by atoms with Crippen molar-refractivity contribution in [3.63, 3.8) is 0 Å². The highest BCUT2D eigenvalue weighted by molar-refractivity contribution is 8.24. The molecule has 0 unspecified atom stereocenters. The lowest BCUT2D eigenvalue weighted by Gasteiger charge is -2.37. The fourth-order valence-electron chi connectivity index (χ4n) is 2.54. The van der Waals surface area contributed by atoms with Crippen molar-refractivity contribution in [2.75, 3.05) is 22.7 Å². The lowest BCUT2D eigenvalue weighted by molar-refractivity contribution is -0.114. The summed E-state index contributed by atoms with van der Waals surface area (Å²) in [7, 11) is -3.01. The topological polar surface area (TPSA) is 111 Å². The molecule has 128 valence electrons. The largest absolute Gasteiger partial charge is 0.311 e. The molecular formula is C15H19N5O3S. The van der Waals surface area contributed by atoms with Crippen molar-refractivity contribution in [2.24, 2.45) is 0 Å². The van der Waals surface area contributed by atoms with E-state index in [-0.39, 0.29) is 5.91 Å². The Morgan fingerprint density at radius 1 is 1.33 bits per heavy atom. The van der Waals surface area contributed by atoms with E-state index in [0.29, 0.717) is 30.3 Å². The van der Waals surface area contributed by atoms with Gasteiger partial charge in [-0.25, -0.2) is 4.98 Å². The predicted molar refractivity (Wildman–Crippen MR) is 94.7 cm³/mol. The number of rotatable bonds is 3. The second kappa shape index (κ2) is 6.36. The Hall–Kier alpha value is -2.20. The zero-order valence-corrected chi connectivity index (χ0v) is 14.2. The summed E-state index contributed by atoms with van der Waals surface area (Å²) in [6, 6.07) is 5.41. The highest BCUT2D eigenvalue weighted by Crippen LogP contribution is 2.46. The Kier molecular flexibility index (Phi) is 4.41. The highest BCUT2D eigenvalue weighted by Gasteiger charge is 2.30. The lowest BCUT2D eigenvalue weighted by Crippen LogP contribution is -2.26. The number of hydrogen-bond donors (Lipinski definition) is 4. The van der Waals surface area contributed by atoms with Crippen LogP contribution in [-0.2, 0) is 4.79 Å². The average Bonchev–Trinajstić information content (AvgIpc) is 2.86. The number of aromatic nitrogens is 2. The molecule has 8 nitrogen and oxygen atoms in total. The van der Waals surface area contributed by atoms with Gasteiger partial charge in [-0.15, -0.1) is 0 Å². The van der Waals surface area contributed by atoms with Gasteiger partial charge in [0.25, 0.3) is 0 Å². The number of hydrogen-bond acceptors (Lipinski definition) is 7. The van der Waals surface area contributed by atoms with Crippen LogP contribution < -0.4 is 14.3 Å². The van der Waals surface area contributed by atoms with Crippen LogP contribution in [0.5, 0.6) is 0 Å². The number of pyridine rings is 2. The van der Waals surface area contributed by atoms with Crippen LogP contribution in [0.3, 0.4) is 0 Å². The van der Waals surface area contributed by atoms with Crippen LogP contribution in [-0.4, -0.2) is 38.1 Å². The molecule has 0 aromatic carbocycles. The van der Waals surface area contributed by atoms with E-state index in [1.807, 2.05) is 19.1 Å². The van der Waals surface area contributed by atoms with Crippen molar-refractivity contribution >= 4 is 28.4 Å². The van der Waals surface area contributed by atoms with Gasteiger partial charge in [0.05, 0.1) is 17.9 Å². The highest BCUT2D eigenvalue weighted by atomic mass is 32.3. The van der Waals surface area contributed by atoms with Gasteiger partial charge >= 0.3 is 0 Å². The number of carbonyl (C=O) groups excluding carboxylic acids is 1. The van der Waals surface area contributed by atoms with Crippen molar-refractivity contribution in [1.82, 2.24) is 14.7 Å². The molecule has 4 N–H and O–H groups in total. The maximum atomic E-state index is 11.2. The van der Waals surface area contributed by atoms with Gasteiger partial charge in [-0.2, -0.15) is 4.72 Å². The van der Waals surface area contributed by atoms with E-state index in [1.54, 1.807) is 18.5 Å². The van der Waals surface area contributed by atoms with Crippen LogP contribution in [0.25, 0.3) is 11.1 Å². The molecule has 0 radical (unpaired) electrons. The Morgan fingerprint density at radius 2 is 2.12 bits per heavy atom. The second-order valence-corrected chi connectivity index (χ2v) is 7.22. The zero-order valence-electron chi connectivity index (χ0n) is 13.4. The third-order valence-corrected chi connectivity index (χ3v) is 5.23. The van der Waals surface area contributed by atoms with Gasteiger partial charge < -0.3 is 5.32 Å². The van der Waals surface area contributed by atoms with E-state index in [0.717, 1.165) is 11.1 Å². The van der Waals surface area contributed by atoms with Crippen LogP contribution in [0.4, 0.5) is 11.5 Å². The SMILES string of the molecule is CC(=O)Nc1cc(-c2cnc(C)c(N3CCNS3(O)O)c2)ccn1. The number of nitrogens with zero attached hydrogens (tertiary/aromatic N) is 3. The fourth-order valence-corrected chi connectivity index (χ4v) is 3.86. The summed E-state index contributed by atoms with van der Waals surface area (Å²) < 4.78 is 24.4. The summed E-state index contributed by atoms with van der Waals surface area (Å²) in [4.78, 5) is 19.6. The number of anilines is 2. The predicted octanol–water partition coefficient (Wildman–Crippen LogP) is 2.40. The molecule has 1 aliphatic rings. The lowest BCUT2D eigenvalue weighted by atomic mass is 10.1. The molecular weight excluding hydrogens is 330 g/mol. The molecule has 1 aliphatic heterocycles. The van der Waals surface area contributed by atoms with Gasteiger partial charge in [-0.3, -0.25) is 23.2 Å². The fraction of sp³-hybridized carbons (Fsp3) is 0.267. The third kappa shape index (κ3) is 3.34. The summed E-state index contributed by atoms with van der Waals surface area (Å²) >= 11 is 0. The van der Waals surface area contributed by atoms with Crippen LogP contribution in [0.2, 0.25) is 0 Å². The molecule has 0 saturated carbocycles. The molecule has 24 heavy (non-hydrogen) atoms. The van der Waals surface area contributed by atoms with Gasteiger partial charge in [0.15, 0.2) is 0 Å². The number of carbonyl (C=O) groups is 1. The maximum absolute atomic E-state index is 11.2. The van der Waals surface area contributed by atoms with E-state index < -0.39 is 11.0 Å². The summed E-state index contributed by atoms with van der Waals surface area (Å²) in [6.07, 6.45) is 3.31. The van der Waals surface area contributed by atoms with Gasteiger partial charge in [0.2, 0.25) is 5.91 Å². The molecule has 1 amide bonds. The molecule has 0 aliphatic carbocycles. The Bertz CT molecular complexity index is 783. The standard InChI is InChI=1S/C15H19N5O3S/c1-10-14(20-6-5-18-24(20,22)23)7-13(9-17-10)12-3-4-16-15(8-12)19-11(2)21/h3-4,7-9,18,22-23H,5-6H2,1-2H3,(H,16,19,21). The van der Waals surface area contributed by atoms with Crippen molar-refractivity contribution in [2.45, 2.75) is 13.8 Å². The third-order valence-electron chi connectivity index (χ3n) is 3.64. The Labute approximate surface area is 141 Å². The first-order chi connectivity index (χ1) is 11.4. The number of aryl methyl sites for hydroxylation is 1. The average molecular weight is 349 g/mol. The van der Waals surface area contributed by atoms with E-state index in [2.05, 4.69) is 20.0 Å². The quantitative estimate of drug-likeness (QED) is 0.673. The number of nitrogens with one attached hydrogen (secondary N) is 2. The number of amides is 1. The first-order valence-corrected chi connectivity index (χ1v) is 8.88. The molecule has 0 bridgehead atoms. The summed E-state index contributed by atoms with van der Waals surface area (Å²) in [5.41, 5.74) is 2.99. The molecule has 2 aromatic heterocycles. The molecule has 9 heteroatoms. The van der Waals surface area contributed by atoms with Gasteiger partial charge in [0, 0.05) is 31.4 Å². The molecule has 2 aromatic rings. The molecule has 3 heterocycles. The van der Waals surface area contributed by atoms with E-state index in [9.17, 15) is 13.9 Å². The van der Waals surface area contributed by atoms with Crippen molar-refractivity contribution in [3.8, 4) is 11.1 Å². The van der Waals surface area contributed by atoms with Crippen molar-refractivity contribution in [3.05, 3.63) is 36.3 Å². The molecule has 0 atom stereocenters. The van der Waals surface area contributed by atoms with Crippen LogP contribution in [0, 0.1) is 6.92 Å². The van der Waals surface area contributed by atoms with E-state index in [4.69, 9.17) is 0 Å². The first-order valence-electron chi connectivity index (χ1n) is 7.38. The van der Waals surface area contributed by atoms with Crippen LogP contribution in [0.1, 0.15) is 12.6 Å². The van der Waals surface area contributed by atoms with Crippen molar-refractivity contribution < 1.29 is 13.9 Å². The Morgan fingerprint density at radius 3 is 2.79 bits per heavy atom. The van der Waals surface area contributed by atoms with Gasteiger partial charge in [-0.1, -0.05) is 11.0 Å². The zero-order chi connectivity index (χ0) is 17.3. The summed E-state index contributed by atoms with van der Waals surface area (Å²) in [5, 5.41) is 2.64. The molecule has 1 fully saturated rings. The summed E-state index contributed by atoms with van der Waals surface area (Å²) in [6.45, 7) is 4.23.